The predicted molar refractivity (Wildman–Crippen MR) is 66.3 cm³/mol. The molecular weight excluding hydrogens is 204 g/mol. The van der Waals surface area contributed by atoms with Crippen LogP contribution in [0.4, 0.5) is 0 Å². The third kappa shape index (κ3) is 2.59. The van der Waals surface area contributed by atoms with Crippen LogP contribution in [0.1, 0.15) is 39.0 Å². The molecular formula is C12H17N2S. The van der Waals surface area contributed by atoms with Crippen LogP contribution in [0.2, 0.25) is 0 Å². The average Bonchev–Trinajstić information content (AvgIpc) is 2.65. The molecule has 1 N–H and O–H groups in total. The summed E-state index contributed by atoms with van der Waals surface area (Å²) >= 11 is 4.98. The molecule has 0 aromatic carbocycles. The monoisotopic (exact) mass is 221 g/mol. The van der Waals surface area contributed by atoms with Crippen LogP contribution in [0.3, 0.4) is 0 Å². The second-order valence-corrected chi connectivity index (χ2v) is 4.55. The van der Waals surface area contributed by atoms with E-state index < -0.39 is 0 Å². The van der Waals surface area contributed by atoms with Crippen LogP contribution in [-0.2, 0) is 0 Å². The Balaban J connectivity index is 1.96. The van der Waals surface area contributed by atoms with E-state index in [0.717, 1.165) is 12.1 Å². The minimum Gasteiger partial charge on any atom is -0.336 e. The highest BCUT2D eigenvalue weighted by Crippen LogP contribution is 2.31. The zero-order valence-electron chi connectivity index (χ0n) is 9.12. The zero-order chi connectivity index (χ0) is 10.7. The van der Waals surface area contributed by atoms with Crippen molar-refractivity contribution in [3.63, 3.8) is 0 Å². The van der Waals surface area contributed by atoms with Gasteiger partial charge in [0.25, 0.3) is 0 Å². The Morgan fingerprint density at radius 3 is 3.13 bits per heavy atom. The summed E-state index contributed by atoms with van der Waals surface area (Å²) in [5.41, 5.74) is 2.72. The first-order valence-electron chi connectivity index (χ1n) is 5.69. The molecule has 0 amide bonds. The molecule has 0 fully saturated rings. The summed E-state index contributed by atoms with van der Waals surface area (Å²) in [6, 6.07) is 0. The predicted octanol–water partition coefficient (Wildman–Crippen LogP) is 2.85. The fraction of sp³-hybridized carbons (Fsp3) is 0.583. The molecule has 1 unspecified atom stereocenters. The van der Waals surface area contributed by atoms with Crippen molar-refractivity contribution in [3.8, 4) is 0 Å². The Morgan fingerprint density at radius 2 is 2.47 bits per heavy atom. The van der Waals surface area contributed by atoms with E-state index in [4.69, 9.17) is 12.2 Å². The zero-order valence-corrected chi connectivity index (χ0v) is 9.94. The maximum Gasteiger partial charge on any atom is 0.197 e. The molecule has 2 rings (SSSR count). The largest absolute Gasteiger partial charge is 0.336 e. The smallest absolute Gasteiger partial charge is 0.197 e. The highest BCUT2D eigenvalue weighted by Gasteiger charge is 2.20. The van der Waals surface area contributed by atoms with Crippen molar-refractivity contribution in [2.24, 2.45) is 5.92 Å². The number of nitrogens with one attached hydrogen (secondary N) is 1. The van der Waals surface area contributed by atoms with Crippen molar-refractivity contribution in [1.82, 2.24) is 10.6 Å². The van der Waals surface area contributed by atoms with Crippen molar-refractivity contribution in [3.05, 3.63) is 23.5 Å². The highest BCUT2D eigenvalue weighted by molar-refractivity contribution is 7.80. The van der Waals surface area contributed by atoms with Crippen molar-refractivity contribution in [1.29, 1.82) is 0 Å². The highest BCUT2D eigenvalue weighted by atomic mass is 32.1. The summed E-state index contributed by atoms with van der Waals surface area (Å²) in [7, 11) is 0. The topological polar surface area (TPSA) is 26.1 Å². The van der Waals surface area contributed by atoms with E-state index in [2.05, 4.69) is 23.6 Å². The Kier molecular flexibility index (Phi) is 3.41. The fourth-order valence-electron chi connectivity index (χ4n) is 2.37. The molecule has 15 heavy (non-hydrogen) atoms. The van der Waals surface area contributed by atoms with Gasteiger partial charge >= 0.3 is 0 Å². The molecule has 1 heterocycles. The van der Waals surface area contributed by atoms with Gasteiger partial charge in [-0.1, -0.05) is 18.6 Å². The first-order chi connectivity index (χ1) is 7.29. The van der Waals surface area contributed by atoms with Crippen LogP contribution >= 0.6 is 12.2 Å². The number of thiocarbonyl (C=S) groups is 1. The van der Waals surface area contributed by atoms with Crippen LogP contribution in [-0.4, -0.2) is 5.11 Å². The third-order valence-electron chi connectivity index (χ3n) is 3.16. The van der Waals surface area contributed by atoms with E-state index in [1.54, 1.807) is 5.57 Å². The second-order valence-electron chi connectivity index (χ2n) is 4.16. The van der Waals surface area contributed by atoms with Gasteiger partial charge in [0.1, 0.15) is 0 Å². The molecule has 0 aromatic heterocycles. The lowest BCUT2D eigenvalue weighted by molar-refractivity contribution is 0.489. The summed E-state index contributed by atoms with van der Waals surface area (Å²) < 4.78 is 0. The number of hydrogen-bond acceptors (Lipinski definition) is 1. The molecule has 1 radical (unpaired) electrons. The summed E-state index contributed by atoms with van der Waals surface area (Å²) in [6.07, 6.45) is 10.5. The van der Waals surface area contributed by atoms with Crippen LogP contribution in [0.5, 0.6) is 0 Å². The molecule has 0 saturated heterocycles. The lowest BCUT2D eigenvalue weighted by Crippen LogP contribution is -2.17. The summed E-state index contributed by atoms with van der Waals surface area (Å²) in [6.45, 7) is 2.24. The van der Waals surface area contributed by atoms with Crippen molar-refractivity contribution < 1.29 is 0 Å². The Hall–Kier alpha value is -0.830. The first-order valence-corrected chi connectivity index (χ1v) is 6.10. The number of nitrogens with zero attached hydrogens (tertiary/aromatic N) is 1. The molecule has 0 spiro atoms. The van der Waals surface area contributed by atoms with E-state index in [1.165, 1.54) is 25.7 Å². The fourth-order valence-corrected chi connectivity index (χ4v) is 2.54. The molecule has 1 aliphatic carbocycles. The van der Waals surface area contributed by atoms with Crippen LogP contribution in [0, 0.1) is 5.92 Å². The van der Waals surface area contributed by atoms with Crippen molar-refractivity contribution in [2.45, 2.75) is 39.0 Å². The van der Waals surface area contributed by atoms with Crippen molar-refractivity contribution in [2.75, 3.05) is 0 Å². The van der Waals surface area contributed by atoms with E-state index >= 15 is 0 Å². The Morgan fingerprint density at radius 1 is 1.60 bits per heavy atom. The van der Waals surface area contributed by atoms with E-state index in [9.17, 15) is 0 Å². The van der Waals surface area contributed by atoms with Gasteiger partial charge in [-0.3, -0.25) is 0 Å². The standard InChI is InChI=1S/C12H17N2S/c1-2-9-5-3-4-6-10(9)7-11-8-13-12(15)14-11/h5,8,10H,2-4,6-7H2,1H3,(H,13,15). The molecule has 2 aliphatic rings. The number of rotatable bonds is 3. The van der Waals surface area contributed by atoms with Gasteiger partial charge in [0.15, 0.2) is 5.11 Å². The molecule has 0 saturated carbocycles. The molecule has 1 atom stereocenters. The SMILES string of the molecule is CCC1=CCCCC1CC1=CNC(=S)[N]1. The number of allylic oxidation sites excluding steroid dienone is 3. The lowest BCUT2D eigenvalue weighted by Gasteiger charge is -2.23. The van der Waals surface area contributed by atoms with Gasteiger partial charge in [-0.25, -0.2) is 5.32 Å². The second kappa shape index (κ2) is 4.79. The van der Waals surface area contributed by atoms with Crippen LogP contribution in [0.15, 0.2) is 23.5 Å². The maximum atomic E-state index is 4.98. The van der Waals surface area contributed by atoms with Crippen LogP contribution < -0.4 is 10.6 Å². The Labute approximate surface area is 96.8 Å². The first kappa shape index (κ1) is 10.7. The van der Waals surface area contributed by atoms with Gasteiger partial charge in [-0.05, 0) is 50.2 Å². The van der Waals surface area contributed by atoms with Gasteiger partial charge in [-0.15, -0.1) is 0 Å². The molecule has 1 aliphatic heterocycles. The molecule has 81 valence electrons. The summed E-state index contributed by atoms with van der Waals surface area (Å²) in [5, 5.41) is 7.89. The summed E-state index contributed by atoms with van der Waals surface area (Å²) in [4.78, 5) is 0. The number of hydrogen-bond donors (Lipinski definition) is 1. The van der Waals surface area contributed by atoms with Gasteiger partial charge < -0.3 is 5.32 Å². The van der Waals surface area contributed by atoms with E-state index in [-0.39, 0.29) is 0 Å². The van der Waals surface area contributed by atoms with Crippen LogP contribution in [0.25, 0.3) is 0 Å². The van der Waals surface area contributed by atoms with Gasteiger partial charge in [0.2, 0.25) is 0 Å². The average molecular weight is 221 g/mol. The van der Waals surface area contributed by atoms with Gasteiger partial charge in [0.05, 0.1) is 5.70 Å². The maximum absolute atomic E-state index is 4.98. The van der Waals surface area contributed by atoms with Gasteiger partial charge in [0, 0.05) is 6.20 Å². The minimum absolute atomic E-state index is 0.614. The van der Waals surface area contributed by atoms with Crippen molar-refractivity contribution >= 4 is 17.3 Å². The molecule has 0 bridgehead atoms. The quantitative estimate of drug-likeness (QED) is 0.586. The lowest BCUT2D eigenvalue weighted by atomic mass is 9.83. The minimum atomic E-state index is 0.614. The summed E-state index contributed by atoms with van der Waals surface area (Å²) in [5.74, 6) is 0.696. The molecule has 2 nitrogen and oxygen atoms in total. The van der Waals surface area contributed by atoms with E-state index in [0.29, 0.717) is 11.0 Å². The molecule has 3 heteroatoms. The Bertz CT molecular complexity index is 318. The normalized spacial score (nSPS) is 25.4. The third-order valence-corrected chi connectivity index (χ3v) is 3.37. The van der Waals surface area contributed by atoms with E-state index in [1.807, 2.05) is 6.20 Å². The van der Waals surface area contributed by atoms with Gasteiger partial charge in [-0.2, -0.15) is 0 Å². The molecule has 0 aromatic rings.